The van der Waals surface area contributed by atoms with Gasteiger partial charge in [-0.05, 0) is 82.0 Å². The normalized spacial score (nSPS) is 12.9. The van der Waals surface area contributed by atoms with Crippen molar-refractivity contribution in [3.05, 3.63) is 95.1 Å². The van der Waals surface area contributed by atoms with E-state index in [-0.39, 0.29) is 23.4 Å². The third-order valence-corrected chi connectivity index (χ3v) is 8.82. The zero-order chi connectivity index (χ0) is 28.7. The van der Waals surface area contributed by atoms with Gasteiger partial charge in [0.15, 0.2) is 0 Å². The van der Waals surface area contributed by atoms with E-state index >= 15 is 0 Å². The van der Waals surface area contributed by atoms with Crippen molar-refractivity contribution in [1.29, 1.82) is 0 Å². The zero-order valence-corrected chi connectivity index (χ0v) is 24.5. The molecule has 0 saturated carbocycles. The maximum absolute atomic E-state index is 14.0. The van der Waals surface area contributed by atoms with Gasteiger partial charge in [0.2, 0.25) is 11.8 Å². The molecule has 3 aromatic rings. The van der Waals surface area contributed by atoms with Gasteiger partial charge in [0.05, 0.1) is 10.6 Å². The highest BCUT2D eigenvalue weighted by Crippen LogP contribution is 2.27. The number of carbonyl (C=O) groups excluding carboxylic acids is 2. The summed E-state index contributed by atoms with van der Waals surface area (Å²) >= 11 is 0. The van der Waals surface area contributed by atoms with Crippen molar-refractivity contribution < 1.29 is 18.0 Å². The molecule has 7 nitrogen and oxygen atoms in total. The molecule has 3 aromatic carbocycles. The van der Waals surface area contributed by atoms with Gasteiger partial charge in [0, 0.05) is 12.6 Å². The van der Waals surface area contributed by atoms with E-state index in [1.807, 2.05) is 71.0 Å². The van der Waals surface area contributed by atoms with Gasteiger partial charge < -0.3 is 10.2 Å². The van der Waals surface area contributed by atoms with Crippen LogP contribution in [0.5, 0.6) is 0 Å². The number of amides is 2. The van der Waals surface area contributed by atoms with Crippen LogP contribution in [0.1, 0.15) is 49.4 Å². The third-order valence-electron chi connectivity index (χ3n) is 7.03. The van der Waals surface area contributed by atoms with Gasteiger partial charge in [-0.2, -0.15) is 0 Å². The Morgan fingerprint density at radius 2 is 1.51 bits per heavy atom. The van der Waals surface area contributed by atoms with Crippen LogP contribution in [0.15, 0.2) is 77.7 Å². The first-order chi connectivity index (χ1) is 18.4. The molecule has 2 amide bonds. The van der Waals surface area contributed by atoms with Crippen molar-refractivity contribution in [1.82, 2.24) is 10.2 Å². The molecule has 208 valence electrons. The number of hydrogen-bond acceptors (Lipinski definition) is 4. The number of aryl methyl sites for hydroxylation is 3. The van der Waals surface area contributed by atoms with Gasteiger partial charge in [-0.1, -0.05) is 61.0 Å². The lowest BCUT2D eigenvalue weighted by Crippen LogP contribution is -2.52. The number of nitrogens with one attached hydrogen (secondary N) is 1. The first-order valence-corrected chi connectivity index (χ1v) is 14.7. The van der Waals surface area contributed by atoms with Crippen LogP contribution < -0.4 is 9.62 Å². The zero-order valence-electron chi connectivity index (χ0n) is 23.6. The summed E-state index contributed by atoms with van der Waals surface area (Å²) in [6.45, 7) is 11.0. The van der Waals surface area contributed by atoms with Crippen molar-refractivity contribution in [3.63, 3.8) is 0 Å². The molecule has 0 bridgehead atoms. The Labute approximate surface area is 232 Å². The Balaban J connectivity index is 2.04. The average molecular weight is 550 g/mol. The van der Waals surface area contributed by atoms with E-state index in [1.165, 1.54) is 4.90 Å². The summed E-state index contributed by atoms with van der Waals surface area (Å²) in [6.07, 6.45) is 0.750. The average Bonchev–Trinajstić information content (AvgIpc) is 2.92. The molecule has 39 heavy (non-hydrogen) atoms. The van der Waals surface area contributed by atoms with Gasteiger partial charge in [0.1, 0.15) is 12.6 Å². The van der Waals surface area contributed by atoms with Gasteiger partial charge in [-0.25, -0.2) is 8.42 Å². The minimum absolute atomic E-state index is 0.0532. The van der Waals surface area contributed by atoms with Gasteiger partial charge in [-0.3, -0.25) is 13.9 Å². The van der Waals surface area contributed by atoms with Crippen LogP contribution in [0, 0.1) is 20.8 Å². The molecule has 2 atom stereocenters. The summed E-state index contributed by atoms with van der Waals surface area (Å²) in [6, 6.07) is 20.4. The number of hydrogen-bond donors (Lipinski definition) is 1. The molecule has 0 aromatic heterocycles. The van der Waals surface area contributed by atoms with E-state index in [0.717, 1.165) is 33.0 Å². The van der Waals surface area contributed by atoms with E-state index in [1.54, 1.807) is 43.3 Å². The summed E-state index contributed by atoms with van der Waals surface area (Å²) in [7, 11) is -4.09. The van der Waals surface area contributed by atoms with Crippen LogP contribution in [-0.4, -0.2) is 43.8 Å². The quantitative estimate of drug-likeness (QED) is 0.359. The summed E-state index contributed by atoms with van der Waals surface area (Å²) in [4.78, 5) is 28.6. The second kappa shape index (κ2) is 12.9. The highest BCUT2D eigenvalue weighted by molar-refractivity contribution is 7.92. The van der Waals surface area contributed by atoms with Gasteiger partial charge in [-0.15, -0.1) is 0 Å². The molecule has 0 spiro atoms. The van der Waals surface area contributed by atoms with Gasteiger partial charge >= 0.3 is 0 Å². The maximum atomic E-state index is 14.0. The lowest BCUT2D eigenvalue weighted by atomic mass is 10.1. The highest BCUT2D eigenvalue weighted by atomic mass is 32.2. The maximum Gasteiger partial charge on any atom is 0.264 e. The Hall–Kier alpha value is -3.65. The Kier molecular flexibility index (Phi) is 9.92. The van der Waals surface area contributed by atoms with Crippen LogP contribution in [-0.2, 0) is 26.2 Å². The number of nitrogens with zero attached hydrogens (tertiary/aromatic N) is 2. The van der Waals surface area contributed by atoms with Gasteiger partial charge in [0.25, 0.3) is 10.0 Å². The van der Waals surface area contributed by atoms with Crippen molar-refractivity contribution >= 4 is 27.5 Å². The molecule has 0 radical (unpaired) electrons. The predicted octanol–water partition coefficient (Wildman–Crippen LogP) is 5.14. The molecule has 3 rings (SSSR count). The molecule has 0 fully saturated rings. The molecule has 1 N–H and O–H groups in total. The van der Waals surface area contributed by atoms with Crippen LogP contribution in [0.2, 0.25) is 0 Å². The number of rotatable bonds is 11. The second-order valence-corrected chi connectivity index (χ2v) is 12.0. The molecule has 0 heterocycles. The fourth-order valence-electron chi connectivity index (χ4n) is 4.08. The molecule has 0 aliphatic heterocycles. The van der Waals surface area contributed by atoms with E-state index in [4.69, 9.17) is 0 Å². The van der Waals surface area contributed by atoms with E-state index < -0.39 is 28.5 Å². The highest BCUT2D eigenvalue weighted by Gasteiger charge is 2.32. The minimum atomic E-state index is -4.09. The fourth-order valence-corrected chi connectivity index (χ4v) is 5.48. The fraction of sp³-hybridized carbons (Fsp3) is 0.355. The van der Waals surface area contributed by atoms with Crippen molar-refractivity contribution in [3.8, 4) is 0 Å². The first kappa shape index (κ1) is 29.9. The SMILES string of the molecule is CC[C@@H](C)NC(=O)[C@@H](C)N(Cc1ccccc1)C(=O)CN(c1ccc(C)c(C)c1)S(=O)(=O)c1ccc(C)cc1. The Bertz CT molecular complexity index is 1390. The van der Waals surface area contributed by atoms with Crippen LogP contribution >= 0.6 is 0 Å². The summed E-state index contributed by atoms with van der Waals surface area (Å²) < 4.78 is 29.0. The monoisotopic (exact) mass is 549 g/mol. The third kappa shape index (κ3) is 7.47. The molecule has 8 heteroatoms. The number of anilines is 1. The predicted molar refractivity (Wildman–Crippen MR) is 156 cm³/mol. The molecule has 0 aliphatic rings. The van der Waals surface area contributed by atoms with E-state index in [2.05, 4.69) is 5.32 Å². The topological polar surface area (TPSA) is 86.8 Å². The molecule has 0 unspecified atom stereocenters. The Morgan fingerprint density at radius 3 is 2.10 bits per heavy atom. The van der Waals surface area contributed by atoms with E-state index in [0.29, 0.717) is 5.69 Å². The number of sulfonamides is 1. The molecule has 0 aliphatic carbocycles. The molecule has 0 saturated heterocycles. The van der Waals surface area contributed by atoms with Crippen LogP contribution in [0.25, 0.3) is 0 Å². The lowest BCUT2D eigenvalue weighted by Gasteiger charge is -2.32. The smallest absolute Gasteiger partial charge is 0.264 e. The minimum Gasteiger partial charge on any atom is -0.352 e. The number of carbonyl (C=O) groups is 2. The van der Waals surface area contributed by atoms with Crippen molar-refractivity contribution in [2.24, 2.45) is 0 Å². The molecular weight excluding hydrogens is 510 g/mol. The second-order valence-electron chi connectivity index (χ2n) is 10.1. The standard InChI is InChI=1S/C31H39N3O4S/c1-7-25(5)32-31(36)26(6)33(20-27-11-9-8-10-12-27)30(35)21-34(28-16-15-23(3)24(4)19-28)39(37,38)29-17-13-22(2)14-18-29/h8-19,25-26H,7,20-21H2,1-6H3,(H,32,36)/t25-,26-/m1/s1. The first-order valence-electron chi connectivity index (χ1n) is 13.2. The van der Waals surface area contributed by atoms with Crippen molar-refractivity contribution in [2.45, 2.75) is 71.5 Å². The lowest BCUT2D eigenvalue weighted by molar-refractivity contribution is -0.139. The van der Waals surface area contributed by atoms with E-state index in [9.17, 15) is 18.0 Å². The molecular formula is C31H39N3O4S. The van der Waals surface area contributed by atoms with Crippen LogP contribution in [0.3, 0.4) is 0 Å². The van der Waals surface area contributed by atoms with Crippen molar-refractivity contribution in [2.75, 3.05) is 10.8 Å². The number of benzene rings is 3. The largest absolute Gasteiger partial charge is 0.352 e. The summed E-state index contributed by atoms with van der Waals surface area (Å²) in [5, 5.41) is 2.95. The summed E-state index contributed by atoms with van der Waals surface area (Å²) in [5.74, 6) is -0.757. The summed E-state index contributed by atoms with van der Waals surface area (Å²) in [5.41, 5.74) is 4.08. The Morgan fingerprint density at radius 1 is 0.872 bits per heavy atom. The van der Waals surface area contributed by atoms with Crippen LogP contribution in [0.4, 0.5) is 5.69 Å².